The third-order valence-electron chi connectivity index (χ3n) is 4.53. The highest BCUT2D eigenvalue weighted by Crippen LogP contribution is 2.22. The molecule has 2 amide bonds. The summed E-state index contributed by atoms with van der Waals surface area (Å²) in [6, 6.07) is 8.76. The van der Waals surface area contributed by atoms with Crippen molar-refractivity contribution in [2.45, 2.75) is 12.8 Å². The highest BCUT2D eigenvalue weighted by Gasteiger charge is 2.24. The van der Waals surface area contributed by atoms with E-state index >= 15 is 0 Å². The summed E-state index contributed by atoms with van der Waals surface area (Å²) in [5.41, 5.74) is 1.08. The van der Waals surface area contributed by atoms with Crippen molar-refractivity contribution in [2.24, 2.45) is 5.92 Å². The Morgan fingerprint density at radius 1 is 1.27 bits per heavy atom. The van der Waals surface area contributed by atoms with Gasteiger partial charge in [-0.2, -0.15) is 0 Å². The van der Waals surface area contributed by atoms with Crippen LogP contribution >= 0.6 is 27.5 Å². The standard InChI is InChI=1S/C19H19BrClN3O2/c20-15-3-4-17(21)16(10-15)18(25)23-11-13-5-8-24(9-6-13)19(26)14-2-1-7-22-12-14/h1-4,7,10,12-13H,5-6,8-9,11H2,(H,23,25). The maximum Gasteiger partial charge on any atom is 0.255 e. The molecule has 7 heteroatoms. The summed E-state index contributed by atoms with van der Waals surface area (Å²) >= 11 is 9.44. The lowest BCUT2D eigenvalue weighted by Gasteiger charge is -2.32. The molecule has 1 aromatic carbocycles. The van der Waals surface area contributed by atoms with E-state index in [-0.39, 0.29) is 11.8 Å². The molecule has 1 aliphatic rings. The van der Waals surface area contributed by atoms with Crippen LogP contribution in [-0.4, -0.2) is 41.3 Å². The number of pyridine rings is 1. The number of likely N-dealkylation sites (tertiary alicyclic amines) is 1. The summed E-state index contributed by atoms with van der Waals surface area (Å²) in [7, 11) is 0. The zero-order chi connectivity index (χ0) is 18.5. The molecule has 0 aliphatic carbocycles. The SMILES string of the molecule is O=C(NCC1CCN(C(=O)c2cccnc2)CC1)c1cc(Br)ccc1Cl. The number of amides is 2. The summed E-state index contributed by atoms with van der Waals surface area (Å²) in [4.78, 5) is 30.6. The highest BCUT2D eigenvalue weighted by molar-refractivity contribution is 9.10. The first-order chi connectivity index (χ1) is 12.5. The third kappa shape index (κ3) is 4.62. The molecule has 0 radical (unpaired) electrons. The number of nitrogens with zero attached hydrogens (tertiary/aromatic N) is 2. The number of piperidine rings is 1. The van der Waals surface area contributed by atoms with Crippen molar-refractivity contribution in [2.75, 3.05) is 19.6 Å². The molecule has 0 bridgehead atoms. The molecule has 136 valence electrons. The van der Waals surface area contributed by atoms with Crippen molar-refractivity contribution in [1.82, 2.24) is 15.2 Å². The van der Waals surface area contributed by atoms with Crippen LogP contribution in [0.15, 0.2) is 47.2 Å². The van der Waals surface area contributed by atoms with Crippen molar-refractivity contribution >= 4 is 39.3 Å². The molecule has 1 aromatic heterocycles. The Morgan fingerprint density at radius 3 is 2.73 bits per heavy atom. The van der Waals surface area contributed by atoms with E-state index in [1.165, 1.54) is 0 Å². The lowest BCUT2D eigenvalue weighted by molar-refractivity contribution is 0.0684. The van der Waals surface area contributed by atoms with Crippen LogP contribution in [0.2, 0.25) is 5.02 Å². The first-order valence-electron chi connectivity index (χ1n) is 8.47. The van der Waals surface area contributed by atoms with Gasteiger partial charge in [0.25, 0.3) is 11.8 Å². The zero-order valence-corrected chi connectivity index (χ0v) is 16.5. The molecule has 1 aliphatic heterocycles. The van der Waals surface area contributed by atoms with Gasteiger partial charge in [0.1, 0.15) is 0 Å². The van der Waals surface area contributed by atoms with Crippen LogP contribution in [0.3, 0.4) is 0 Å². The molecule has 5 nitrogen and oxygen atoms in total. The molecule has 2 aromatic rings. The minimum absolute atomic E-state index is 0.0153. The van der Waals surface area contributed by atoms with Gasteiger partial charge in [-0.15, -0.1) is 0 Å². The Morgan fingerprint density at radius 2 is 2.04 bits per heavy atom. The summed E-state index contributed by atoms with van der Waals surface area (Å²) in [6.45, 7) is 1.95. The fourth-order valence-electron chi connectivity index (χ4n) is 3.02. The Kier molecular flexibility index (Phi) is 6.27. The third-order valence-corrected chi connectivity index (χ3v) is 5.36. The Bertz CT molecular complexity index is 793. The van der Waals surface area contributed by atoms with Crippen molar-refractivity contribution in [1.29, 1.82) is 0 Å². The molecular formula is C19H19BrClN3O2. The minimum Gasteiger partial charge on any atom is -0.352 e. The van der Waals surface area contributed by atoms with E-state index in [0.717, 1.165) is 17.3 Å². The summed E-state index contributed by atoms with van der Waals surface area (Å²) in [6.07, 6.45) is 4.97. The molecular weight excluding hydrogens is 418 g/mol. The number of hydrogen-bond donors (Lipinski definition) is 1. The van der Waals surface area contributed by atoms with Crippen LogP contribution in [0.25, 0.3) is 0 Å². The molecule has 1 fully saturated rings. The van der Waals surface area contributed by atoms with Gasteiger partial charge in [-0.25, -0.2) is 0 Å². The van der Waals surface area contributed by atoms with Gasteiger partial charge in [0, 0.05) is 36.5 Å². The maximum atomic E-state index is 12.4. The van der Waals surface area contributed by atoms with Crippen molar-refractivity contribution < 1.29 is 9.59 Å². The van der Waals surface area contributed by atoms with E-state index in [4.69, 9.17) is 11.6 Å². The van der Waals surface area contributed by atoms with E-state index in [1.54, 1.807) is 42.7 Å². The molecule has 3 rings (SSSR count). The second-order valence-electron chi connectivity index (χ2n) is 6.31. The number of carbonyl (C=O) groups excluding carboxylic acids is 2. The van der Waals surface area contributed by atoms with Gasteiger partial charge < -0.3 is 10.2 Å². The van der Waals surface area contributed by atoms with Crippen LogP contribution in [0.4, 0.5) is 0 Å². The highest BCUT2D eigenvalue weighted by atomic mass is 79.9. The van der Waals surface area contributed by atoms with Crippen LogP contribution in [0, 0.1) is 5.92 Å². The van der Waals surface area contributed by atoms with E-state index in [1.807, 2.05) is 4.90 Å². The predicted molar refractivity (Wildman–Crippen MR) is 104 cm³/mol. The van der Waals surface area contributed by atoms with Crippen molar-refractivity contribution in [3.63, 3.8) is 0 Å². The molecule has 0 atom stereocenters. The van der Waals surface area contributed by atoms with E-state index < -0.39 is 0 Å². The number of benzene rings is 1. The second-order valence-corrected chi connectivity index (χ2v) is 7.63. The normalized spacial score (nSPS) is 14.9. The van der Waals surface area contributed by atoms with Crippen molar-refractivity contribution in [3.8, 4) is 0 Å². The van der Waals surface area contributed by atoms with E-state index in [0.29, 0.717) is 41.7 Å². The van der Waals surface area contributed by atoms with Gasteiger partial charge in [-0.3, -0.25) is 14.6 Å². The Balaban J connectivity index is 1.49. The van der Waals surface area contributed by atoms with Crippen molar-refractivity contribution in [3.05, 3.63) is 63.3 Å². The quantitative estimate of drug-likeness (QED) is 0.793. The molecule has 0 saturated carbocycles. The smallest absolute Gasteiger partial charge is 0.255 e. The largest absolute Gasteiger partial charge is 0.352 e. The van der Waals surface area contributed by atoms with Crippen LogP contribution in [0.1, 0.15) is 33.6 Å². The molecule has 2 heterocycles. The van der Waals surface area contributed by atoms with Crippen LogP contribution in [-0.2, 0) is 0 Å². The van der Waals surface area contributed by atoms with Gasteiger partial charge >= 0.3 is 0 Å². The second kappa shape index (κ2) is 8.64. The average Bonchev–Trinajstić information content (AvgIpc) is 2.68. The Labute approximate surface area is 165 Å². The number of carbonyl (C=O) groups is 2. The van der Waals surface area contributed by atoms with Gasteiger partial charge in [-0.1, -0.05) is 27.5 Å². The molecule has 1 saturated heterocycles. The summed E-state index contributed by atoms with van der Waals surface area (Å²) in [5, 5.41) is 3.39. The number of aromatic nitrogens is 1. The fraction of sp³-hybridized carbons (Fsp3) is 0.316. The monoisotopic (exact) mass is 435 g/mol. The fourth-order valence-corrected chi connectivity index (χ4v) is 3.58. The Hall–Kier alpha value is -1.92. The van der Waals surface area contributed by atoms with Gasteiger partial charge in [-0.05, 0) is 49.1 Å². The number of halogens is 2. The molecule has 0 unspecified atom stereocenters. The van der Waals surface area contributed by atoms with Gasteiger partial charge in [0.2, 0.25) is 0 Å². The van der Waals surface area contributed by atoms with Crippen LogP contribution < -0.4 is 5.32 Å². The molecule has 0 spiro atoms. The first kappa shape index (κ1) is 18.9. The van der Waals surface area contributed by atoms with E-state index in [2.05, 4.69) is 26.2 Å². The number of nitrogens with one attached hydrogen (secondary N) is 1. The number of rotatable bonds is 4. The summed E-state index contributed by atoms with van der Waals surface area (Å²) in [5.74, 6) is 0.189. The average molecular weight is 437 g/mol. The lowest BCUT2D eigenvalue weighted by Crippen LogP contribution is -2.41. The number of hydrogen-bond acceptors (Lipinski definition) is 3. The van der Waals surface area contributed by atoms with Crippen LogP contribution in [0.5, 0.6) is 0 Å². The minimum atomic E-state index is -0.176. The zero-order valence-electron chi connectivity index (χ0n) is 14.1. The molecule has 1 N–H and O–H groups in total. The molecule has 26 heavy (non-hydrogen) atoms. The first-order valence-corrected chi connectivity index (χ1v) is 9.64. The predicted octanol–water partition coefficient (Wildman–Crippen LogP) is 3.78. The van der Waals surface area contributed by atoms with E-state index in [9.17, 15) is 9.59 Å². The maximum absolute atomic E-state index is 12.4. The van der Waals surface area contributed by atoms with Gasteiger partial charge in [0.15, 0.2) is 0 Å². The lowest BCUT2D eigenvalue weighted by atomic mass is 9.96. The summed E-state index contributed by atoms with van der Waals surface area (Å²) < 4.78 is 0.814. The van der Waals surface area contributed by atoms with Gasteiger partial charge in [0.05, 0.1) is 16.1 Å². The topological polar surface area (TPSA) is 62.3 Å².